The molecule has 1 saturated heterocycles. The summed E-state index contributed by atoms with van der Waals surface area (Å²) in [6.45, 7) is 0.525. The standard InChI is InChI=1S/C23H25N3O5S/c1-25-21(14-20(24-25)19-13-16(30-2)9-10-22(19)31-3)23(27)26-12-11-18(15-26)32(28,29)17-7-5-4-6-8-17/h4-10,13-14,18H,11-12,15H2,1-3H3. The average Bonchev–Trinajstić information content (AvgIpc) is 3.46. The molecule has 0 bridgehead atoms. The zero-order valence-electron chi connectivity index (χ0n) is 18.2. The molecule has 1 aromatic heterocycles. The molecule has 1 aliphatic rings. The lowest BCUT2D eigenvalue weighted by atomic mass is 10.1. The van der Waals surface area contributed by atoms with Gasteiger partial charge in [0.2, 0.25) is 0 Å². The summed E-state index contributed by atoms with van der Waals surface area (Å²) in [7, 11) is 1.34. The van der Waals surface area contributed by atoms with Crippen molar-refractivity contribution in [1.29, 1.82) is 0 Å². The van der Waals surface area contributed by atoms with Crippen LogP contribution in [0.3, 0.4) is 0 Å². The maximum Gasteiger partial charge on any atom is 0.272 e. The molecule has 1 atom stereocenters. The van der Waals surface area contributed by atoms with Crippen molar-refractivity contribution in [2.75, 3.05) is 27.3 Å². The Balaban J connectivity index is 1.58. The average molecular weight is 456 g/mol. The van der Waals surface area contributed by atoms with Crippen LogP contribution in [-0.2, 0) is 16.9 Å². The maximum atomic E-state index is 13.2. The van der Waals surface area contributed by atoms with Gasteiger partial charge in [0, 0.05) is 25.7 Å². The molecule has 1 fully saturated rings. The molecule has 32 heavy (non-hydrogen) atoms. The number of amides is 1. The van der Waals surface area contributed by atoms with E-state index in [-0.39, 0.29) is 17.3 Å². The monoisotopic (exact) mass is 455 g/mol. The summed E-state index contributed by atoms with van der Waals surface area (Å²) in [6, 6.07) is 15.4. The van der Waals surface area contributed by atoms with Crippen LogP contribution in [0.15, 0.2) is 59.5 Å². The molecule has 0 spiro atoms. The van der Waals surface area contributed by atoms with E-state index in [4.69, 9.17) is 9.47 Å². The van der Waals surface area contributed by atoms with E-state index >= 15 is 0 Å². The third-order valence-electron chi connectivity index (χ3n) is 5.72. The first kappa shape index (κ1) is 21.9. The Morgan fingerprint density at radius 1 is 1.06 bits per heavy atom. The first-order valence-electron chi connectivity index (χ1n) is 10.2. The number of aromatic nitrogens is 2. The summed E-state index contributed by atoms with van der Waals surface area (Å²) in [5.41, 5.74) is 1.65. The topological polar surface area (TPSA) is 90.7 Å². The normalized spacial score (nSPS) is 16.2. The Labute approximate surface area is 187 Å². The maximum absolute atomic E-state index is 13.2. The number of benzene rings is 2. The summed E-state index contributed by atoms with van der Waals surface area (Å²) in [5, 5.41) is 3.86. The van der Waals surface area contributed by atoms with Crippen LogP contribution < -0.4 is 9.47 Å². The van der Waals surface area contributed by atoms with E-state index in [9.17, 15) is 13.2 Å². The molecule has 4 rings (SSSR count). The first-order valence-corrected chi connectivity index (χ1v) is 11.7. The Morgan fingerprint density at radius 2 is 1.81 bits per heavy atom. The highest BCUT2D eigenvalue weighted by Crippen LogP contribution is 2.33. The van der Waals surface area contributed by atoms with Crippen molar-refractivity contribution >= 4 is 15.7 Å². The van der Waals surface area contributed by atoms with E-state index < -0.39 is 15.1 Å². The number of likely N-dealkylation sites (tertiary alicyclic amines) is 1. The van der Waals surface area contributed by atoms with Crippen molar-refractivity contribution in [3.05, 3.63) is 60.3 Å². The minimum atomic E-state index is -3.50. The summed E-state index contributed by atoms with van der Waals surface area (Å²) < 4.78 is 38.1. The van der Waals surface area contributed by atoms with E-state index in [2.05, 4.69) is 5.10 Å². The van der Waals surface area contributed by atoms with Gasteiger partial charge >= 0.3 is 0 Å². The van der Waals surface area contributed by atoms with Gasteiger partial charge in [-0.2, -0.15) is 5.10 Å². The summed E-state index contributed by atoms with van der Waals surface area (Å²) in [4.78, 5) is 15.1. The molecule has 0 saturated carbocycles. The van der Waals surface area contributed by atoms with Crippen LogP contribution in [0, 0.1) is 0 Å². The Bertz CT molecular complexity index is 1240. The lowest BCUT2D eigenvalue weighted by Gasteiger charge is -2.16. The van der Waals surface area contributed by atoms with E-state index in [1.54, 1.807) is 80.8 Å². The van der Waals surface area contributed by atoms with Gasteiger partial charge in [0.05, 0.1) is 30.1 Å². The first-order chi connectivity index (χ1) is 15.3. The number of sulfone groups is 1. The number of nitrogens with zero attached hydrogens (tertiary/aromatic N) is 3. The highest BCUT2D eigenvalue weighted by molar-refractivity contribution is 7.92. The summed E-state index contributed by atoms with van der Waals surface area (Å²) in [5.74, 6) is 1.00. The van der Waals surface area contributed by atoms with Crippen LogP contribution in [0.1, 0.15) is 16.9 Å². The predicted molar refractivity (Wildman–Crippen MR) is 120 cm³/mol. The van der Waals surface area contributed by atoms with Gasteiger partial charge in [-0.1, -0.05) is 18.2 Å². The number of methoxy groups -OCH3 is 2. The second-order valence-electron chi connectivity index (χ2n) is 7.62. The second kappa shape index (κ2) is 8.66. The van der Waals surface area contributed by atoms with E-state index in [0.717, 1.165) is 0 Å². The van der Waals surface area contributed by atoms with Crippen LogP contribution in [0.25, 0.3) is 11.3 Å². The third kappa shape index (κ3) is 3.95. The lowest BCUT2D eigenvalue weighted by Crippen LogP contribution is -2.33. The van der Waals surface area contributed by atoms with E-state index in [1.165, 1.54) is 4.68 Å². The van der Waals surface area contributed by atoms with Gasteiger partial charge in [0.1, 0.15) is 17.2 Å². The molecule has 9 heteroatoms. The molecule has 1 amide bonds. The lowest BCUT2D eigenvalue weighted by molar-refractivity contribution is 0.0782. The smallest absolute Gasteiger partial charge is 0.272 e. The van der Waals surface area contributed by atoms with Crippen molar-refractivity contribution in [1.82, 2.24) is 14.7 Å². The fourth-order valence-electron chi connectivity index (χ4n) is 3.94. The molecule has 168 valence electrons. The highest BCUT2D eigenvalue weighted by atomic mass is 32.2. The van der Waals surface area contributed by atoms with E-state index in [1.807, 2.05) is 0 Å². The quantitative estimate of drug-likeness (QED) is 0.568. The zero-order chi connectivity index (χ0) is 22.9. The van der Waals surface area contributed by atoms with Crippen LogP contribution in [-0.4, -0.2) is 61.6 Å². The minimum absolute atomic E-state index is 0.152. The van der Waals surface area contributed by atoms with Crippen LogP contribution in [0.4, 0.5) is 0 Å². The van der Waals surface area contributed by atoms with E-state index in [0.29, 0.717) is 41.4 Å². The third-order valence-corrected chi connectivity index (χ3v) is 7.92. The van der Waals surface area contributed by atoms with Crippen molar-refractivity contribution in [2.45, 2.75) is 16.6 Å². The molecule has 0 radical (unpaired) electrons. The molecular weight excluding hydrogens is 430 g/mol. The molecule has 1 unspecified atom stereocenters. The number of carbonyl (C=O) groups excluding carboxylic acids is 1. The van der Waals surface area contributed by atoms with Crippen LogP contribution in [0.5, 0.6) is 11.5 Å². The molecular formula is C23H25N3O5S. The van der Waals surface area contributed by atoms with Crippen molar-refractivity contribution in [2.24, 2.45) is 7.05 Å². The number of hydrogen-bond donors (Lipinski definition) is 0. The number of carbonyl (C=O) groups is 1. The molecule has 0 aliphatic carbocycles. The van der Waals surface area contributed by atoms with Crippen molar-refractivity contribution < 1.29 is 22.7 Å². The predicted octanol–water partition coefficient (Wildman–Crippen LogP) is 2.79. The molecule has 3 aromatic rings. The highest BCUT2D eigenvalue weighted by Gasteiger charge is 2.37. The SMILES string of the molecule is COc1ccc(OC)c(-c2cc(C(=O)N3CCC(S(=O)(=O)c4ccccc4)C3)n(C)n2)c1. The summed E-state index contributed by atoms with van der Waals surface area (Å²) in [6.07, 6.45) is 0.400. The fraction of sp³-hybridized carbons (Fsp3) is 0.304. The molecule has 2 aromatic carbocycles. The zero-order valence-corrected chi connectivity index (χ0v) is 19.0. The van der Waals surface area contributed by atoms with Gasteiger partial charge in [-0.25, -0.2) is 8.42 Å². The Hall–Kier alpha value is -3.33. The Kier molecular flexibility index (Phi) is 5.92. The number of ether oxygens (including phenoxy) is 2. The van der Waals surface area contributed by atoms with Crippen molar-refractivity contribution in [3.63, 3.8) is 0 Å². The van der Waals surface area contributed by atoms with Crippen LogP contribution in [0.2, 0.25) is 0 Å². The number of aryl methyl sites for hydroxylation is 1. The van der Waals surface area contributed by atoms with Gasteiger partial charge < -0.3 is 14.4 Å². The largest absolute Gasteiger partial charge is 0.497 e. The van der Waals surface area contributed by atoms with Crippen LogP contribution >= 0.6 is 0 Å². The number of hydrogen-bond acceptors (Lipinski definition) is 6. The summed E-state index contributed by atoms with van der Waals surface area (Å²) >= 11 is 0. The van der Waals surface area contributed by atoms with Gasteiger partial charge in [-0.15, -0.1) is 0 Å². The molecule has 0 N–H and O–H groups in total. The van der Waals surface area contributed by atoms with Crippen molar-refractivity contribution in [3.8, 4) is 22.8 Å². The number of rotatable bonds is 6. The second-order valence-corrected chi connectivity index (χ2v) is 9.85. The molecule has 1 aliphatic heterocycles. The molecule has 2 heterocycles. The van der Waals surface area contributed by atoms with Gasteiger partial charge in [-0.05, 0) is 42.8 Å². The Morgan fingerprint density at radius 3 is 2.50 bits per heavy atom. The van der Waals surface area contributed by atoms with Gasteiger partial charge in [0.15, 0.2) is 9.84 Å². The van der Waals surface area contributed by atoms with Gasteiger partial charge in [0.25, 0.3) is 5.91 Å². The van der Waals surface area contributed by atoms with Gasteiger partial charge in [-0.3, -0.25) is 9.48 Å². The fourth-order valence-corrected chi connectivity index (χ4v) is 5.66. The minimum Gasteiger partial charge on any atom is -0.497 e. The molecule has 8 nitrogen and oxygen atoms in total.